The van der Waals surface area contributed by atoms with Gasteiger partial charge in [-0.05, 0) is 80.3 Å². The third kappa shape index (κ3) is 4.86. The van der Waals surface area contributed by atoms with E-state index >= 15 is 0 Å². The minimum absolute atomic E-state index is 0.0534. The topological polar surface area (TPSA) is 79.8 Å². The Kier molecular flexibility index (Phi) is 6.74. The zero-order valence-corrected chi connectivity index (χ0v) is 22.7. The zero-order chi connectivity index (χ0) is 27.1. The molecular formula is C31H29N3O4S. The molecular weight excluding hydrogens is 510 g/mol. The van der Waals surface area contributed by atoms with Gasteiger partial charge < -0.3 is 9.64 Å². The number of aromatic nitrogens is 1. The summed E-state index contributed by atoms with van der Waals surface area (Å²) in [4.78, 5) is 48.1. The number of thiazole rings is 1. The Hall–Kier alpha value is -3.88. The van der Waals surface area contributed by atoms with Gasteiger partial charge in [0.25, 0.3) is 11.8 Å². The number of aryl methyl sites for hydroxylation is 2. The number of carbonyl (C=O) groups is 3. The zero-order valence-electron chi connectivity index (χ0n) is 21.9. The third-order valence-electron chi connectivity index (χ3n) is 7.48. The van der Waals surface area contributed by atoms with Crippen LogP contribution in [-0.2, 0) is 14.3 Å². The summed E-state index contributed by atoms with van der Waals surface area (Å²) in [5.74, 6) is -0.954. The maximum absolute atomic E-state index is 13.7. The van der Waals surface area contributed by atoms with Crippen LogP contribution in [-0.4, -0.2) is 52.9 Å². The van der Waals surface area contributed by atoms with Crippen molar-refractivity contribution >= 4 is 45.0 Å². The van der Waals surface area contributed by atoms with E-state index in [1.165, 1.54) is 10.5 Å². The normalized spacial score (nSPS) is 19.3. The van der Waals surface area contributed by atoms with Crippen molar-refractivity contribution in [3.05, 3.63) is 83.4 Å². The van der Waals surface area contributed by atoms with Crippen molar-refractivity contribution in [3.63, 3.8) is 0 Å². The van der Waals surface area contributed by atoms with Crippen molar-refractivity contribution in [2.24, 2.45) is 0 Å². The molecule has 4 aromatic rings. The second kappa shape index (κ2) is 10.4. The molecule has 3 heterocycles. The van der Waals surface area contributed by atoms with Gasteiger partial charge in [0.15, 0.2) is 0 Å². The lowest BCUT2D eigenvalue weighted by Crippen LogP contribution is -2.48. The monoisotopic (exact) mass is 539 g/mol. The van der Waals surface area contributed by atoms with E-state index in [1.54, 1.807) is 34.4 Å². The van der Waals surface area contributed by atoms with E-state index in [0.717, 1.165) is 39.2 Å². The average molecular weight is 540 g/mol. The molecule has 0 radical (unpaired) electrons. The van der Waals surface area contributed by atoms with Crippen molar-refractivity contribution in [3.8, 4) is 10.6 Å². The molecule has 8 heteroatoms. The summed E-state index contributed by atoms with van der Waals surface area (Å²) in [5, 5.41) is 0.880. The van der Waals surface area contributed by atoms with Crippen molar-refractivity contribution in [2.75, 3.05) is 18.1 Å². The summed E-state index contributed by atoms with van der Waals surface area (Å²) in [6, 6.07) is 20.0. The molecule has 6 rings (SSSR count). The van der Waals surface area contributed by atoms with Gasteiger partial charge in [-0.3, -0.25) is 14.4 Å². The van der Waals surface area contributed by atoms with Crippen LogP contribution >= 0.6 is 11.3 Å². The Morgan fingerprint density at radius 2 is 1.87 bits per heavy atom. The summed E-state index contributed by atoms with van der Waals surface area (Å²) >= 11 is 1.61. The van der Waals surface area contributed by atoms with Crippen LogP contribution in [0.4, 0.5) is 5.69 Å². The summed E-state index contributed by atoms with van der Waals surface area (Å²) in [7, 11) is 0. The molecule has 0 aliphatic carbocycles. The lowest BCUT2D eigenvalue weighted by atomic mass is 10.0. The third-order valence-corrected chi connectivity index (χ3v) is 8.54. The molecule has 39 heavy (non-hydrogen) atoms. The fourth-order valence-corrected chi connectivity index (χ4v) is 6.44. The van der Waals surface area contributed by atoms with Crippen molar-refractivity contribution in [2.45, 2.75) is 45.3 Å². The van der Waals surface area contributed by atoms with Crippen LogP contribution in [0.2, 0.25) is 0 Å². The van der Waals surface area contributed by atoms with Crippen molar-refractivity contribution in [1.82, 2.24) is 9.88 Å². The van der Waals surface area contributed by atoms with Crippen LogP contribution in [0.15, 0.2) is 66.7 Å². The number of ether oxygens (including phenoxy) is 1. The molecule has 2 atom stereocenters. The van der Waals surface area contributed by atoms with Gasteiger partial charge in [-0.2, -0.15) is 0 Å². The van der Waals surface area contributed by atoms with E-state index in [1.807, 2.05) is 49.4 Å². The highest BCUT2D eigenvalue weighted by molar-refractivity contribution is 7.21. The molecule has 0 spiro atoms. The van der Waals surface area contributed by atoms with Crippen LogP contribution in [0.25, 0.3) is 20.8 Å². The molecule has 2 fully saturated rings. The molecule has 3 amide bonds. The molecule has 2 saturated heterocycles. The summed E-state index contributed by atoms with van der Waals surface area (Å²) < 4.78 is 6.92. The molecule has 0 saturated carbocycles. The van der Waals surface area contributed by atoms with E-state index in [9.17, 15) is 14.4 Å². The van der Waals surface area contributed by atoms with Gasteiger partial charge in [-0.15, -0.1) is 11.3 Å². The highest BCUT2D eigenvalue weighted by Gasteiger charge is 2.45. The predicted octanol–water partition coefficient (Wildman–Crippen LogP) is 5.53. The molecule has 2 unspecified atom stereocenters. The number of nitrogens with zero attached hydrogens (tertiary/aromatic N) is 3. The number of hydrogen-bond acceptors (Lipinski definition) is 6. The van der Waals surface area contributed by atoms with E-state index in [2.05, 4.69) is 13.0 Å². The van der Waals surface area contributed by atoms with Gasteiger partial charge in [-0.25, -0.2) is 9.88 Å². The molecule has 1 aromatic heterocycles. The number of anilines is 1. The summed E-state index contributed by atoms with van der Waals surface area (Å²) in [6.45, 7) is 4.85. The smallest absolute Gasteiger partial charge is 0.257 e. The Labute approximate surface area is 231 Å². The maximum Gasteiger partial charge on any atom is 0.257 e. The van der Waals surface area contributed by atoms with Crippen LogP contribution in [0, 0.1) is 13.8 Å². The molecule has 2 aliphatic rings. The average Bonchev–Trinajstić information content (AvgIpc) is 3.66. The fourth-order valence-electron chi connectivity index (χ4n) is 5.37. The molecule has 0 N–H and O–H groups in total. The van der Waals surface area contributed by atoms with Gasteiger partial charge in [-0.1, -0.05) is 24.3 Å². The number of benzene rings is 3. The van der Waals surface area contributed by atoms with Gasteiger partial charge in [0, 0.05) is 24.3 Å². The second-order valence-electron chi connectivity index (χ2n) is 10.2. The Balaban J connectivity index is 1.27. The van der Waals surface area contributed by atoms with E-state index in [-0.39, 0.29) is 36.8 Å². The van der Waals surface area contributed by atoms with Crippen LogP contribution in [0.1, 0.15) is 40.7 Å². The Bertz CT molecular complexity index is 1570. The highest BCUT2D eigenvalue weighted by Crippen LogP contribution is 2.33. The minimum Gasteiger partial charge on any atom is -0.376 e. The number of carbonyl (C=O) groups excluding carboxylic acids is 3. The number of rotatable bonds is 6. The van der Waals surface area contributed by atoms with Gasteiger partial charge >= 0.3 is 0 Å². The largest absolute Gasteiger partial charge is 0.376 e. The van der Waals surface area contributed by atoms with Crippen LogP contribution in [0.5, 0.6) is 0 Å². The number of amides is 3. The number of imide groups is 1. The quantitative estimate of drug-likeness (QED) is 0.301. The number of fused-ring (bicyclic) bond motifs is 1. The summed E-state index contributed by atoms with van der Waals surface area (Å²) in [5.41, 5.74) is 4.90. The molecule has 198 valence electrons. The van der Waals surface area contributed by atoms with Gasteiger partial charge in [0.05, 0.1) is 28.4 Å². The first-order valence-corrected chi connectivity index (χ1v) is 14.0. The Morgan fingerprint density at radius 1 is 1.08 bits per heavy atom. The highest BCUT2D eigenvalue weighted by atomic mass is 32.1. The van der Waals surface area contributed by atoms with Gasteiger partial charge in [0.2, 0.25) is 5.91 Å². The van der Waals surface area contributed by atoms with Crippen LogP contribution < -0.4 is 4.90 Å². The van der Waals surface area contributed by atoms with E-state index in [4.69, 9.17) is 9.72 Å². The van der Waals surface area contributed by atoms with Crippen molar-refractivity contribution in [1.29, 1.82) is 0 Å². The summed E-state index contributed by atoms with van der Waals surface area (Å²) in [6.07, 6.45) is 1.54. The van der Waals surface area contributed by atoms with Gasteiger partial charge in [0.1, 0.15) is 11.0 Å². The SMILES string of the molecule is Cc1ccc2nc(-c3ccc(N4C(=O)CC(N(CC5CCCO5)C(=O)c5ccccc5C)C4=O)cc3)sc2c1. The second-order valence-corrected chi connectivity index (χ2v) is 11.3. The first-order valence-electron chi connectivity index (χ1n) is 13.2. The van der Waals surface area contributed by atoms with Crippen LogP contribution in [0.3, 0.4) is 0 Å². The number of hydrogen-bond donors (Lipinski definition) is 0. The first-order chi connectivity index (χ1) is 18.9. The fraction of sp³-hybridized carbons (Fsp3) is 0.290. The molecule has 2 aliphatic heterocycles. The molecule has 3 aromatic carbocycles. The lowest BCUT2D eigenvalue weighted by Gasteiger charge is -2.30. The van der Waals surface area contributed by atoms with Crippen molar-refractivity contribution < 1.29 is 19.1 Å². The lowest BCUT2D eigenvalue weighted by molar-refractivity contribution is -0.122. The first kappa shape index (κ1) is 25.4. The Morgan fingerprint density at radius 3 is 2.62 bits per heavy atom. The minimum atomic E-state index is -0.874. The van der Waals surface area contributed by atoms with E-state index in [0.29, 0.717) is 17.9 Å². The standard InChI is InChI=1S/C31H29N3O4S/c1-19-9-14-25-27(16-19)39-29(32-25)21-10-12-22(13-11-21)34-28(35)17-26(31(34)37)33(18-23-7-5-15-38-23)30(36)24-8-4-3-6-20(24)2/h3-4,6,8-14,16,23,26H,5,7,15,17-18H2,1-2H3. The van der Waals surface area contributed by atoms with E-state index < -0.39 is 6.04 Å². The maximum atomic E-state index is 13.7. The predicted molar refractivity (Wildman–Crippen MR) is 152 cm³/mol. The molecule has 0 bridgehead atoms. The molecule has 7 nitrogen and oxygen atoms in total.